The number of rotatable bonds is 39. The molecule has 4 atom stereocenters. The second kappa shape index (κ2) is 36.1. The molecule has 59 heavy (non-hydrogen) atoms. The molecule has 338 valence electrons. The van der Waals surface area contributed by atoms with Crippen LogP contribution in [0.3, 0.4) is 0 Å². The molecule has 1 heterocycles. The maximum absolute atomic E-state index is 12.7. The first-order chi connectivity index (χ1) is 28.5. The van der Waals surface area contributed by atoms with Crippen molar-refractivity contribution in [3.8, 4) is 0 Å². The van der Waals surface area contributed by atoms with E-state index in [-0.39, 0.29) is 38.3 Å². The molecule has 10 nitrogen and oxygen atoms in total. The van der Waals surface area contributed by atoms with E-state index in [1.165, 1.54) is 57.8 Å². The summed E-state index contributed by atoms with van der Waals surface area (Å²) in [7, 11) is 1.08. The van der Waals surface area contributed by atoms with E-state index in [0.717, 1.165) is 51.4 Å². The number of allylic oxidation sites excluding steroid dienone is 10. The number of esters is 2. The molecule has 0 aliphatic carbocycles. The van der Waals surface area contributed by atoms with Gasteiger partial charge in [0, 0.05) is 12.8 Å². The van der Waals surface area contributed by atoms with Crippen molar-refractivity contribution >= 4 is 19.8 Å². The van der Waals surface area contributed by atoms with Crippen LogP contribution in [0.5, 0.6) is 0 Å². The molecule has 0 radical (unpaired) electrons. The zero-order valence-corrected chi connectivity index (χ0v) is 38.5. The molecule has 1 saturated heterocycles. The Hall–Kier alpha value is -2.59. The second-order valence-corrected chi connectivity index (χ2v) is 17.9. The highest BCUT2D eigenvalue weighted by Crippen LogP contribution is 2.38. The first kappa shape index (κ1) is 54.4. The lowest BCUT2D eigenvalue weighted by molar-refractivity contribution is -0.870. The Bertz CT molecular complexity index is 1300. The predicted molar refractivity (Wildman–Crippen MR) is 240 cm³/mol. The van der Waals surface area contributed by atoms with Crippen LogP contribution in [-0.4, -0.2) is 82.2 Å². The molecule has 0 spiro atoms. The Morgan fingerprint density at radius 2 is 1.07 bits per heavy atom. The molecule has 0 bridgehead atoms. The van der Waals surface area contributed by atoms with Crippen LogP contribution in [0.25, 0.3) is 0 Å². The minimum atomic E-state index is -4.66. The van der Waals surface area contributed by atoms with Crippen molar-refractivity contribution in [2.24, 2.45) is 0 Å². The van der Waals surface area contributed by atoms with Crippen LogP contribution >= 0.6 is 7.82 Å². The molecule has 0 aromatic rings. The number of epoxide rings is 1. The highest BCUT2D eigenvalue weighted by atomic mass is 31.2. The van der Waals surface area contributed by atoms with Gasteiger partial charge in [0.2, 0.25) is 0 Å². The van der Waals surface area contributed by atoms with Gasteiger partial charge in [-0.1, -0.05) is 132 Å². The summed E-state index contributed by atoms with van der Waals surface area (Å²) in [6.07, 6.45) is 46.8. The van der Waals surface area contributed by atoms with Crippen LogP contribution in [0.2, 0.25) is 0 Å². The van der Waals surface area contributed by atoms with E-state index < -0.39 is 32.5 Å². The molecule has 0 N–H and O–H groups in total. The zero-order valence-electron chi connectivity index (χ0n) is 37.6. The third-order valence-electron chi connectivity index (χ3n) is 9.60. The van der Waals surface area contributed by atoms with Gasteiger partial charge >= 0.3 is 11.9 Å². The molecule has 0 aromatic carbocycles. The topological polar surface area (TPSA) is 124 Å². The van der Waals surface area contributed by atoms with E-state index in [1.807, 2.05) is 27.2 Å². The number of quaternary nitrogens is 1. The fourth-order valence-electron chi connectivity index (χ4n) is 5.88. The van der Waals surface area contributed by atoms with Crippen LogP contribution in [0, 0.1) is 0 Å². The average molecular weight is 848 g/mol. The maximum Gasteiger partial charge on any atom is 0.306 e. The van der Waals surface area contributed by atoms with Crippen molar-refractivity contribution in [1.29, 1.82) is 0 Å². The quantitative estimate of drug-likeness (QED) is 0.0148. The van der Waals surface area contributed by atoms with Crippen LogP contribution in [0.4, 0.5) is 0 Å². The van der Waals surface area contributed by atoms with Crippen LogP contribution in [0.1, 0.15) is 155 Å². The number of hydrogen-bond donors (Lipinski definition) is 0. The van der Waals surface area contributed by atoms with Crippen LogP contribution in [-0.2, 0) is 37.4 Å². The van der Waals surface area contributed by atoms with Crippen molar-refractivity contribution in [2.75, 3.05) is 47.5 Å². The number of carbonyl (C=O) groups excluding carboxylic acids is 2. The number of phosphoric ester groups is 1. The average Bonchev–Trinajstić information content (AvgIpc) is 3.94. The van der Waals surface area contributed by atoms with E-state index in [0.29, 0.717) is 30.3 Å². The third-order valence-corrected chi connectivity index (χ3v) is 10.6. The normalized spacial score (nSPS) is 17.7. The lowest BCUT2D eigenvalue weighted by atomic mass is 10.1. The Kier molecular flexibility index (Phi) is 33.3. The van der Waals surface area contributed by atoms with Gasteiger partial charge in [0.1, 0.15) is 19.8 Å². The molecule has 1 aliphatic heterocycles. The van der Waals surface area contributed by atoms with Gasteiger partial charge in [-0.25, -0.2) is 0 Å². The van der Waals surface area contributed by atoms with Gasteiger partial charge in [0.25, 0.3) is 7.82 Å². The highest BCUT2D eigenvalue weighted by molar-refractivity contribution is 7.45. The smallest absolute Gasteiger partial charge is 0.306 e. The van der Waals surface area contributed by atoms with Crippen molar-refractivity contribution in [1.82, 2.24) is 0 Å². The van der Waals surface area contributed by atoms with Gasteiger partial charge in [-0.3, -0.25) is 14.2 Å². The summed E-state index contributed by atoms with van der Waals surface area (Å²) in [6.45, 7) is 4.03. The van der Waals surface area contributed by atoms with Gasteiger partial charge in [-0.15, -0.1) is 0 Å². The molecule has 0 aromatic heterocycles. The van der Waals surface area contributed by atoms with E-state index in [1.54, 1.807) is 0 Å². The number of carbonyl (C=O) groups is 2. The van der Waals surface area contributed by atoms with Crippen molar-refractivity contribution in [3.05, 3.63) is 72.9 Å². The highest BCUT2D eigenvalue weighted by Gasteiger charge is 2.36. The largest absolute Gasteiger partial charge is 0.756 e. The first-order valence-electron chi connectivity index (χ1n) is 22.8. The van der Waals surface area contributed by atoms with Crippen molar-refractivity contribution < 1.29 is 46.8 Å². The number of hydrogen-bond acceptors (Lipinski definition) is 9. The summed E-state index contributed by atoms with van der Waals surface area (Å²) in [5.41, 5.74) is 0. The van der Waals surface area contributed by atoms with E-state index in [9.17, 15) is 19.0 Å². The number of phosphoric acid groups is 1. The summed E-state index contributed by atoms with van der Waals surface area (Å²) in [5, 5.41) is 0. The molecule has 3 unspecified atom stereocenters. The summed E-state index contributed by atoms with van der Waals surface area (Å²) >= 11 is 0. The SMILES string of the molecule is CCCCC/C=C\C/C=C\CC1OC1C/C=C\CCCC(=O)O[C@H](COC(=O)CCC/C=C\C/C=C\C/C=C\CCCCCCCC)COP(=O)([O-])OCC[N+](C)(C)C. The van der Waals surface area contributed by atoms with Crippen molar-refractivity contribution in [2.45, 2.75) is 173 Å². The second-order valence-electron chi connectivity index (χ2n) is 16.4. The number of nitrogens with zero attached hydrogens (tertiary/aromatic N) is 1. The molecule has 0 amide bonds. The molecular formula is C48H82NO9P. The van der Waals surface area contributed by atoms with E-state index in [4.69, 9.17) is 23.3 Å². The zero-order chi connectivity index (χ0) is 43.3. The Morgan fingerprint density at radius 1 is 0.610 bits per heavy atom. The first-order valence-corrected chi connectivity index (χ1v) is 24.2. The summed E-state index contributed by atoms with van der Waals surface area (Å²) < 4.78 is 39.6. The number of likely N-dealkylation sites (N-methyl/N-ethyl adjacent to an activating group) is 1. The minimum Gasteiger partial charge on any atom is -0.756 e. The molecule has 11 heteroatoms. The molecular weight excluding hydrogens is 766 g/mol. The molecule has 1 rings (SSSR count). The number of ether oxygens (including phenoxy) is 3. The molecule has 1 fully saturated rings. The van der Waals surface area contributed by atoms with Crippen molar-refractivity contribution in [3.63, 3.8) is 0 Å². The van der Waals surface area contributed by atoms with Gasteiger partial charge < -0.3 is 32.6 Å². The van der Waals surface area contributed by atoms with Crippen LogP contribution in [0.15, 0.2) is 72.9 Å². The van der Waals surface area contributed by atoms with Gasteiger partial charge in [0.05, 0.1) is 40.0 Å². The Balaban J connectivity index is 2.37. The number of unbranched alkanes of at least 4 members (excludes halogenated alkanes) is 11. The lowest BCUT2D eigenvalue weighted by Crippen LogP contribution is -2.37. The van der Waals surface area contributed by atoms with Gasteiger partial charge in [-0.05, 0) is 83.5 Å². The van der Waals surface area contributed by atoms with E-state index >= 15 is 0 Å². The summed E-state index contributed by atoms with van der Waals surface area (Å²) in [4.78, 5) is 37.6. The predicted octanol–water partition coefficient (Wildman–Crippen LogP) is 11.4. The van der Waals surface area contributed by atoms with Crippen LogP contribution < -0.4 is 4.89 Å². The lowest BCUT2D eigenvalue weighted by Gasteiger charge is -2.28. The fourth-order valence-corrected chi connectivity index (χ4v) is 6.61. The Labute approximate surface area is 359 Å². The van der Waals surface area contributed by atoms with E-state index in [2.05, 4.69) is 80.7 Å². The summed E-state index contributed by atoms with van der Waals surface area (Å²) in [6, 6.07) is 0. The molecule has 1 aliphatic rings. The Morgan fingerprint density at radius 3 is 1.66 bits per heavy atom. The standard InChI is InChI=1S/C48H82NO9P/c1-6-8-10-12-14-16-17-18-19-20-21-22-23-25-27-29-34-38-47(50)54-42-44(43-56-59(52,53)55-41-40-49(3,4)5)57-48(51)39-35-31-30-33-37-46-45(58-46)36-32-28-26-24-15-13-11-9-7-2/h15,18-19,21-22,24-25,27-28,30,32-33,44-46H,6-14,16-17,20,23,26,29,31,34-43H2,1-5H3/b19-18-,22-21-,24-15-,27-25-,32-28-,33-30-/t44-,45?,46?/m1/s1. The summed E-state index contributed by atoms with van der Waals surface area (Å²) in [5.74, 6) is -0.976. The monoisotopic (exact) mass is 848 g/mol. The van der Waals surface area contributed by atoms with Gasteiger partial charge in [0.15, 0.2) is 6.10 Å². The third kappa shape index (κ3) is 36.9. The maximum atomic E-state index is 12.7. The fraction of sp³-hybridized carbons (Fsp3) is 0.708. The van der Waals surface area contributed by atoms with Gasteiger partial charge in [-0.2, -0.15) is 0 Å². The molecule has 0 saturated carbocycles. The minimum absolute atomic E-state index is 0.0552.